The summed E-state index contributed by atoms with van der Waals surface area (Å²) in [7, 11) is 0. The van der Waals surface area contributed by atoms with E-state index in [9.17, 15) is 14.0 Å². The normalized spacial score (nSPS) is 13.8. The molecule has 1 aliphatic rings. The third-order valence-electron chi connectivity index (χ3n) is 4.84. The van der Waals surface area contributed by atoms with E-state index in [0.29, 0.717) is 5.02 Å². The van der Waals surface area contributed by atoms with Gasteiger partial charge >= 0.3 is 11.9 Å². The van der Waals surface area contributed by atoms with Crippen molar-refractivity contribution < 1.29 is 24.2 Å². The van der Waals surface area contributed by atoms with Crippen molar-refractivity contribution in [3.05, 3.63) is 62.9 Å². The number of aliphatic carboxylic acids is 2. The smallest absolute Gasteiger partial charge is 0.303 e. The van der Waals surface area contributed by atoms with Crippen LogP contribution in [0, 0.1) is 5.82 Å². The number of carboxylic acid groups (broad SMARTS) is 2. The Morgan fingerprint density at radius 2 is 1.71 bits per heavy atom. The van der Waals surface area contributed by atoms with E-state index >= 15 is 0 Å². The number of nitrogens with one attached hydrogen (secondary N) is 2. The summed E-state index contributed by atoms with van der Waals surface area (Å²) >= 11 is 12.3. The van der Waals surface area contributed by atoms with E-state index in [1.807, 2.05) is 13.0 Å². The molecule has 0 amide bonds. The summed E-state index contributed by atoms with van der Waals surface area (Å²) in [5, 5.41) is 23.5. The molecule has 1 unspecified atom stereocenters. The van der Waals surface area contributed by atoms with Crippen molar-refractivity contribution in [1.29, 1.82) is 0 Å². The van der Waals surface area contributed by atoms with E-state index in [2.05, 4.69) is 16.7 Å². The molecule has 9 heteroatoms. The van der Waals surface area contributed by atoms with Gasteiger partial charge in [-0.05, 0) is 67.7 Å². The molecule has 3 rings (SSSR count). The first-order chi connectivity index (χ1) is 14.7. The molecule has 0 spiro atoms. The van der Waals surface area contributed by atoms with Gasteiger partial charge in [0.05, 0.1) is 28.6 Å². The van der Waals surface area contributed by atoms with E-state index in [0.717, 1.165) is 37.2 Å². The number of rotatable bonds is 6. The molecular weight excluding hydrogens is 446 g/mol. The molecule has 0 saturated carbocycles. The number of hydrogen-bond acceptors (Lipinski definition) is 4. The Labute approximate surface area is 190 Å². The lowest BCUT2D eigenvalue weighted by molar-refractivity contribution is -0.143. The maximum absolute atomic E-state index is 13.3. The Morgan fingerprint density at radius 1 is 1.06 bits per heavy atom. The van der Waals surface area contributed by atoms with Crippen LogP contribution in [-0.2, 0) is 22.4 Å². The zero-order valence-electron chi connectivity index (χ0n) is 17.1. The van der Waals surface area contributed by atoms with Crippen LogP contribution in [0.5, 0.6) is 0 Å². The Morgan fingerprint density at radius 3 is 2.32 bits per heavy atom. The lowest BCUT2D eigenvalue weighted by atomic mass is 9.99. The molecule has 0 aromatic heterocycles. The van der Waals surface area contributed by atoms with Crippen molar-refractivity contribution in [2.24, 2.45) is 0 Å². The fourth-order valence-electron chi connectivity index (χ4n) is 3.20. The summed E-state index contributed by atoms with van der Waals surface area (Å²) in [5.74, 6) is -2.56. The number of carbonyl (C=O) groups is 2. The maximum atomic E-state index is 13.3. The van der Waals surface area contributed by atoms with Gasteiger partial charge in [0.1, 0.15) is 5.82 Å². The van der Waals surface area contributed by atoms with Gasteiger partial charge in [0.25, 0.3) is 0 Å². The number of fused-ring (bicyclic) bond motifs is 1. The minimum absolute atomic E-state index is 0.0201. The monoisotopic (exact) mass is 470 g/mol. The van der Waals surface area contributed by atoms with Crippen molar-refractivity contribution in [2.75, 3.05) is 18.4 Å². The summed E-state index contributed by atoms with van der Waals surface area (Å²) in [6.45, 7) is 3.95. The molecule has 2 aromatic carbocycles. The van der Waals surface area contributed by atoms with Crippen molar-refractivity contribution in [1.82, 2.24) is 5.32 Å². The Kier molecular flexibility index (Phi) is 9.55. The molecular formula is C22H25Cl2FN2O4. The van der Waals surface area contributed by atoms with Crippen molar-refractivity contribution in [2.45, 2.75) is 38.6 Å². The van der Waals surface area contributed by atoms with Gasteiger partial charge in [0, 0.05) is 6.04 Å². The molecule has 1 atom stereocenters. The van der Waals surface area contributed by atoms with Crippen molar-refractivity contribution >= 4 is 40.8 Å². The lowest BCUT2D eigenvalue weighted by Gasteiger charge is -2.21. The van der Waals surface area contributed by atoms with E-state index in [4.69, 9.17) is 33.4 Å². The standard InChI is InChI=1S/C18H19Cl2FN2.C4H6O4/c1-11(13-3-5-17(21)16(20)10-13)23-18-14-7-9-22-8-6-12(14)2-4-15(18)19;5-3(6)1-2-4(7)8/h2-5,10-11,22-23H,6-9H2,1H3;1-2H2,(H,5,6)(H,7,8). The van der Waals surface area contributed by atoms with E-state index < -0.39 is 17.8 Å². The predicted molar refractivity (Wildman–Crippen MR) is 120 cm³/mol. The topological polar surface area (TPSA) is 98.7 Å². The van der Waals surface area contributed by atoms with Crippen LogP contribution >= 0.6 is 23.2 Å². The molecule has 1 heterocycles. The Balaban J connectivity index is 0.000000366. The van der Waals surface area contributed by atoms with E-state index in [1.54, 1.807) is 12.1 Å². The molecule has 0 fully saturated rings. The fraction of sp³-hybridized carbons (Fsp3) is 0.364. The van der Waals surface area contributed by atoms with Gasteiger partial charge in [-0.15, -0.1) is 0 Å². The first-order valence-electron chi connectivity index (χ1n) is 9.85. The van der Waals surface area contributed by atoms with Gasteiger partial charge in [-0.2, -0.15) is 0 Å². The zero-order valence-corrected chi connectivity index (χ0v) is 18.6. The largest absolute Gasteiger partial charge is 0.481 e. The summed E-state index contributed by atoms with van der Waals surface area (Å²) in [4.78, 5) is 19.3. The van der Waals surface area contributed by atoms with Crippen LogP contribution in [0.3, 0.4) is 0 Å². The highest BCUT2D eigenvalue weighted by atomic mass is 35.5. The third kappa shape index (κ3) is 7.69. The van der Waals surface area contributed by atoms with Crippen LogP contribution in [0.1, 0.15) is 42.5 Å². The second-order valence-corrected chi connectivity index (χ2v) is 7.95. The molecule has 2 aromatic rings. The highest BCUT2D eigenvalue weighted by Crippen LogP contribution is 2.34. The number of benzene rings is 2. The molecule has 0 saturated heterocycles. The van der Waals surface area contributed by atoms with Gasteiger partial charge in [-0.1, -0.05) is 35.3 Å². The van der Waals surface area contributed by atoms with Crippen LogP contribution in [0.4, 0.5) is 10.1 Å². The SMILES string of the molecule is CC(Nc1c(Cl)ccc2c1CCNCC2)c1ccc(F)c(Cl)c1.O=C(O)CCC(=O)O. The van der Waals surface area contributed by atoms with Crippen molar-refractivity contribution in [3.8, 4) is 0 Å². The number of carboxylic acids is 2. The zero-order chi connectivity index (χ0) is 23.0. The van der Waals surface area contributed by atoms with Crippen LogP contribution in [-0.4, -0.2) is 35.2 Å². The minimum atomic E-state index is -1.08. The first kappa shape index (κ1) is 24.9. The molecule has 0 radical (unpaired) electrons. The predicted octanol–water partition coefficient (Wildman–Crippen LogP) is 4.93. The summed E-state index contributed by atoms with van der Waals surface area (Å²) in [5.41, 5.74) is 4.49. The average molecular weight is 471 g/mol. The second-order valence-electron chi connectivity index (χ2n) is 7.14. The Hall–Kier alpha value is -2.35. The minimum Gasteiger partial charge on any atom is -0.481 e. The number of halogens is 3. The van der Waals surface area contributed by atoms with Crippen LogP contribution in [0.25, 0.3) is 0 Å². The number of hydrogen-bond donors (Lipinski definition) is 4. The van der Waals surface area contributed by atoms with Gasteiger partial charge < -0.3 is 20.8 Å². The summed E-state index contributed by atoms with van der Waals surface area (Å²) in [6, 6.07) is 8.83. The summed E-state index contributed by atoms with van der Waals surface area (Å²) in [6.07, 6.45) is 1.34. The molecule has 0 bridgehead atoms. The van der Waals surface area contributed by atoms with Crippen molar-refractivity contribution in [3.63, 3.8) is 0 Å². The van der Waals surface area contributed by atoms with Crippen LogP contribution in [0.2, 0.25) is 10.0 Å². The summed E-state index contributed by atoms with van der Waals surface area (Å²) < 4.78 is 13.3. The van der Waals surface area contributed by atoms with Crippen LogP contribution in [0.15, 0.2) is 30.3 Å². The van der Waals surface area contributed by atoms with Crippen LogP contribution < -0.4 is 10.6 Å². The molecule has 0 aliphatic carbocycles. The Bertz CT molecular complexity index is 926. The lowest BCUT2D eigenvalue weighted by Crippen LogP contribution is -2.16. The van der Waals surface area contributed by atoms with Gasteiger partial charge in [0.15, 0.2) is 0 Å². The molecule has 168 valence electrons. The number of anilines is 1. The highest BCUT2D eigenvalue weighted by molar-refractivity contribution is 6.33. The molecule has 31 heavy (non-hydrogen) atoms. The fourth-order valence-corrected chi connectivity index (χ4v) is 3.62. The highest BCUT2D eigenvalue weighted by Gasteiger charge is 2.17. The molecule has 1 aliphatic heterocycles. The third-order valence-corrected chi connectivity index (χ3v) is 5.44. The average Bonchev–Trinajstić information content (AvgIpc) is 2.96. The van der Waals surface area contributed by atoms with E-state index in [1.165, 1.54) is 17.2 Å². The van der Waals surface area contributed by atoms with Gasteiger partial charge in [0.2, 0.25) is 0 Å². The quantitative estimate of drug-likeness (QED) is 0.477. The van der Waals surface area contributed by atoms with Gasteiger partial charge in [-0.25, -0.2) is 4.39 Å². The maximum Gasteiger partial charge on any atom is 0.303 e. The first-order valence-corrected chi connectivity index (χ1v) is 10.6. The second kappa shape index (κ2) is 11.9. The van der Waals surface area contributed by atoms with Gasteiger partial charge in [-0.3, -0.25) is 9.59 Å². The molecule has 6 nitrogen and oxygen atoms in total. The van der Waals surface area contributed by atoms with E-state index in [-0.39, 0.29) is 23.9 Å². The molecule has 4 N–H and O–H groups in total.